The number of fused-ring (bicyclic) bond motifs is 1. The summed E-state index contributed by atoms with van der Waals surface area (Å²) in [5, 5.41) is 2.75. The summed E-state index contributed by atoms with van der Waals surface area (Å²) in [6.07, 6.45) is 4.81. The zero-order valence-electron chi connectivity index (χ0n) is 15.2. The third-order valence-corrected chi connectivity index (χ3v) is 4.71. The molecule has 0 amide bonds. The van der Waals surface area contributed by atoms with Crippen LogP contribution in [-0.4, -0.2) is 0 Å². The number of unbranched alkanes of at least 4 members (excludes halogenated alkanes) is 1. The normalized spacial score (nSPS) is 11.3. The molecule has 24 heavy (non-hydrogen) atoms. The molecule has 3 rings (SSSR count). The third-order valence-electron chi connectivity index (χ3n) is 4.71. The molecule has 0 radical (unpaired) electrons. The van der Waals surface area contributed by atoms with Crippen molar-refractivity contribution in [3.8, 4) is 11.1 Å². The first kappa shape index (κ1) is 16.8. The Morgan fingerprint density at radius 3 is 2.50 bits per heavy atom. The Kier molecular flexibility index (Phi) is 5.35. The van der Waals surface area contributed by atoms with Crippen LogP contribution < -0.4 is 0 Å². The van der Waals surface area contributed by atoms with Crippen LogP contribution in [0.25, 0.3) is 21.9 Å². The minimum atomic E-state index is 0.651. The summed E-state index contributed by atoms with van der Waals surface area (Å²) in [4.78, 5) is 0. The van der Waals surface area contributed by atoms with E-state index in [-0.39, 0.29) is 0 Å². The number of rotatable bonds is 6. The third kappa shape index (κ3) is 3.70. The second kappa shape index (κ2) is 7.66. The van der Waals surface area contributed by atoms with Crippen LogP contribution in [-0.2, 0) is 12.8 Å². The Hall–Kier alpha value is -2.08. The average Bonchev–Trinajstić information content (AvgIpc) is 2.60. The van der Waals surface area contributed by atoms with Crippen LogP contribution in [0.1, 0.15) is 44.7 Å². The molecule has 0 unspecified atom stereocenters. The smallest absolute Gasteiger partial charge is 0.0145 e. The highest BCUT2D eigenvalue weighted by Gasteiger charge is 2.11. The second-order valence-corrected chi connectivity index (χ2v) is 7.21. The van der Waals surface area contributed by atoms with Crippen molar-refractivity contribution in [3.05, 3.63) is 71.8 Å². The summed E-state index contributed by atoms with van der Waals surface area (Å²) in [6, 6.07) is 22.5. The molecule has 0 aliphatic heterocycles. The van der Waals surface area contributed by atoms with Gasteiger partial charge < -0.3 is 0 Å². The molecule has 0 aliphatic carbocycles. The molecule has 0 heterocycles. The minimum Gasteiger partial charge on any atom is -0.0654 e. The Morgan fingerprint density at radius 1 is 0.875 bits per heavy atom. The fraction of sp³-hybridized carbons (Fsp3) is 0.333. The quantitative estimate of drug-likeness (QED) is 0.457. The van der Waals surface area contributed by atoms with Gasteiger partial charge in [0.15, 0.2) is 0 Å². The molecule has 124 valence electrons. The summed E-state index contributed by atoms with van der Waals surface area (Å²) in [6.45, 7) is 6.88. The van der Waals surface area contributed by atoms with Gasteiger partial charge in [-0.25, -0.2) is 0 Å². The number of hydrogen-bond donors (Lipinski definition) is 0. The van der Waals surface area contributed by atoms with Crippen LogP contribution in [0.4, 0.5) is 0 Å². The van der Waals surface area contributed by atoms with Crippen LogP contribution in [0, 0.1) is 5.92 Å². The first-order valence-corrected chi connectivity index (χ1v) is 9.29. The topological polar surface area (TPSA) is 0 Å². The van der Waals surface area contributed by atoms with E-state index in [0.717, 1.165) is 6.42 Å². The Labute approximate surface area is 146 Å². The molecule has 3 aromatic carbocycles. The van der Waals surface area contributed by atoms with Crippen LogP contribution in [0.5, 0.6) is 0 Å². The highest BCUT2D eigenvalue weighted by atomic mass is 14.2. The van der Waals surface area contributed by atoms with Gasteiger partial charge in [-0.05, 0) is 58.2 Å². The van der Waals surface area contributed by atoms with E-state index >= 15 is 0 Å². The summed E-state index contributed by atoms with van der Waals surface area (Å²) in [5.41, 5.74) is 5.72. The van der Waals surface area contributed by atoms with E-state index in [0.29, 0.717) is 5.92 Å². The summed E-state index contributed by atoms with van der Waals surface area (Å²) in [7, 11) is 0. The lowest BCUT2D eigenvalue weighted by molar-refractivity contribution is 0.651. The van der Waals surface area contributed by atoms with Crippen molar-refractivity contribution in [1.29, 1.82) is 0 Å². The minimum absolute atomic E-state index is 0.651. The molecule has 0 atom stereocenters. The van der Waals surface area contributed by atoms with E-state index in [4.69, 9.17) is 0 Å². The number of aryl methyl sites for hydroxylation is 1. The zero-order chi connectivity index (χ0) is 16.9. The zero-order valence-corrected chi connectivity index (χ0v) is 15.2. The molecule has 0 saturated carbocycles. The lowest BCUT2D eigenvalue weighted by Gasteiger charge is -2.16. The fourth-order valence-corrected chi connectivity index (χ4v) is 3.51. The molecule has 0 aromatic heterocycles. The molecule has 0 aliphatic rings. The van der Waals surface area contributed by atoms with Crippen molar-refractivity contribution in [2.24, 2.45) is 5.92 Å². The van der Waals surface area contributed by atoms with Gasteiger partial charge in [-0.15, -0.1) is 0 Å². The lowest BCUT2D eigenvalue weighted by Crippen LogP contribution is -1.99. The van der Waals surface area contributed by atoms with Crippen molar-refractivity contribution < 1.29 is 0 Å². The van der Waals surface area contributed by atoms with Gasteiger partial charge in [-0.1, -0.05) is 87.9 Å². The van der Waals surface area contributed by atoms with E-state index < -0.39 is 0 Å². The molecule has 0 nitrogen and oxygen atoms in total. The van der Waals surface area contributed by atoms with Gasteiger partial charge in [0.1, 0.15) is 0 Å². The lowest BCUT2D eigenvalue weighted by atomic mass is 9.88. The maximum Gasteiger partial charge on any atom is -0.0145 e. The molecule has 0 saturated heterocycles. The summed E-state index contributed by atoms with van der Waals surface area (Å²) in [5.74, 6) is 0.651. The molecule has 0 fully saturated rings. The fourth-order valence-electron chi connectivity index (χ4n) is 3.51. The first-order valence-electron chi connectivity index (χ1n) is 9.29. The van der Waals surface area contributed by atoms with Gasteiger partial charge in [0.25, 0.3) is 0 Å². The summed E-state index contributed by atoms with van der Waals surface area (Å²) >= 11 is 0. The van der Waals surface area contributed by atoms with Gasteiger partial charge in [0.05, 0.1) is 0 Å². The SMILES string of the molecule is CCCCc1cccc(-c2ccc3ccccc3c2CC(C)C)c1. The highest BCUT2D eigenvalue weighted by molar-refractivity contribution is 5.92. The number of hydrogen-bond acceptors (Lipinski definition) is 0. The van der Waals surface area contributed by atoms with E-state index in [1.807, 2.05) is 0 Å². The van der Waals surface area contributed by atoms with Crippen molar-refractivity contribution >= 4 is 10.8 Å². The van der Waals surface area contributed by atoms with E-state index in [1.54, 1.807) is 0 Å². The van der Waals surface area contributed by atoms with Crippen molar-refractivity contribution in [1.82, 2.24) is 0 Å². The Bertz CT molecular complexity index is 811. The van der Waals surface area contributed by atoms with Gasteiger partial charge >= 0.3 is 0 Å². The van der Waals surface area contributed by atoms with Crippen molar-refractivity contribution in [3.63, 3.8) is 0 Å². The predicted molar refractivity (Wildman–Crippen MR) is 107 cm³/mol. The Morgan fingerprint density at radius 2 is 1.71 bits per heavy atom. The van der Waals surface area contributed by atoms with Gasteiger partial charge in [-0.2, -0.15) is 0 Å². The van der Waals surface area contributed by atoms with Crippen molar-refractivity contribution in [2.75, 3.05) is 0 Å². The standard InChI is InChI=1S/C24H28/c1-4-5-9-19-10-8-12-21(17-19)23-15-14-20-11-6-7-13-22(20)24(23)16-18(2)3/h6-8,10-15,17-18H,4-5,9,16H2,1-3H3. The molecule has 0 bridgehead atoms. The first-order chi connectivity index (χ1) is 11.7. The van der Waals surface area contributed by atoms with E-state index in [9.17, 15) is 0 Å². The van der Waals surface area contributed by atoms with Gasteiger partial charge in [0, 0.05) is 0 Å². The molecule has 3 aromatic rings. The second-order valence-electron chi connectivity index (χ2n) is 7.21. The molecular weight excluding hydrogens is 288 g/mol. The van der Waals surface area contributed by atoms with Gasteiger partial charge in [0.2, 0.25) is 0 Å². The van der Waals surface area contributed by atoms with Gasteiger partial charge in [-0.3, -0.25) is 0 Å². The van der Waals surface area contributed by atoms with Crippen LogP contribution in [0.2, 0.25) is 0 Å². The highest BCUT2D eigenvalue weighted by Crippen LogP contribution is 2.32. The maximum atomic E-state index is 2.39. The van der Waals surface area contributed by atoms with Crippen LogP contribution in [0.3, 0.4) is 0 Å². The Balaban J connectivity index is 2.11. The van der Waals surface area contributed by atoms with Crippen LogP contribution >= 0.6 is 0 Å². The monoisotopic (exact) mass is 316 g/mol. The number of benzene rings is 3. The van der Waals surface area contributed by atoms with Crippen molar-refractivity contribution in [2.45, 2.75) is 46.5 Å². The van der Waals surface area contributed by atoms with E-state index in [1.165, 1.54) is 52.3 Å². The summed E-state index contributed by atoms with van der Waals surface area (Å²) < 4.78 is 0. The van der Waals surface area contributed by atoms with Crippen LogP contribution in [0.15, 0.2) is 60.7 Å². The molecule has 0 spiro atoms. The molecule has 0 N–H and O–H groups in total. The predicted octanol–water partition coefficient (Wildman–Crippen LogP) is 7.05. The van der Waals surface area contributed by atoms with E-state index in [2.05, 4.69) is 81.4 Å². The maximum absolute atomic E-state index is 2.39. The molecule has 0 heteroatoms. The molecular formula is C24H28. The average molecular weight is 316 g/mol. The largest absolute Gasteiger partial charge is 0.0654 e.